The van der Waals surface area contributed by atoms with Crippen LogP contribution in [-0.4, -0.2) is 42.6 Å². The number of anilines is 1. The largest absolute Gasteiger partial charge is 0.417 e. The summed E-state index contributed by atoms with van der Waals surface area (Å²) in [7, 11) is 0. The van der Waals surface area contributed by atoms with Gasteiger partial charge in [0.25, 0.3) is 0 Å². The van der Waals surface area contributed by atoms with Gasteiger partial charge in [-0.05, 0) is 12.1 Å². The average Bonchev–Trinajstić information content (AvgIpc) is 3.12. The second-order valence-electron chi connectivity index (χ2n) is 7.87. The van der Waals surface area contributed by atoms with E-state index in [1.165, 1.54) is 12.1 Å². The minimum atomic E-state index is -4.38. The molecule has 7 heteroatoms. The van der Waals surface area contributed by atoms with Crippen LogP contribution in [0.4, 0.5) is 18.3 Å². The smallest absolute Gasteiger partial charge is 0.346 e. The first kappa shape index (κ1) is 20.7. The van der Waals surface area contributed by atoms with Gasteiger partial charge in [-0.2, -0.15) is 13.2 Å². The number of hydrogen-bond donors (Lipinski definition) is 0. The monoisotopic (exact) mass is 407 g/mol. The Hall–Kier alpha value is -2.04. The molecule has 150 valence electrons. The van der Waals surface area contributed by atoms with Crippen molar-refractivity contribution < 1.29 is 13.2 Å². The van der Waals surface area contributed by atoms with Crippen LogP contribution in [0.15, 0.2) is 29.6 Å². The van der Waals surface area contributed by atoms with Crippen molar-refractivity contribution in [3.63, 3.8) is 0 Å². The molecule has 1 saturated heterocycles. The van der Waals surface area contributed by atoms with Crippen molar-refractivity contribution in [2.75, 3.05) is 37.6 Å². The predicted molar refractivity (Wildman–Crippen MR) is 108 cm³/mol. The Bertz CT molecular complexity index is 863. The van der Waals surface area contributed by atoms with E-state index in [4.69, 9.17) is 4.98 Å². The Labute approximate surface area is 168 Å². The summed E-state index contributed by atoms with van der Waals surface area (Å²) in [4.78, 5) is 9.19. The van der Waals surface area contributed by atoms with Gasteiger partial charge in [0.15, 0.2) is 5.13 Å². The molecule has 1 aliphatic rings. The van der Waals surface area contributed by atoms with Crippen molar-refractivity contribution in [1.29, 1.82) is 0 Å². The molecule has 0 spiro atoms. The predicted octanol–water partition coefficient (Wildman–Crippen LogP) is 4.63. The van der Waals surface area contributed by atoms with Crippen LogP contribution in [0.25, 0.3) is 0 Å². The molecule has 2 aromatic rings. The highest BCUT2D eigenvalue weighted by molar-refractivity contribution is 7.13. The van der Waals surface area contributed by atoms with Crippen LogP contribution >= 0.6 is 11.3 Å². The number of rotatable bonds is 2. The number of halogens is 3. The van der Waals surface area contributed by atoms with Crippen LogP contribution in [0.2, 0.25) is 0 Å². The number of nitrogens with zero attached hydrogens (tertiary/aromatic N) is 3. The second-order valence-corrected chi connectivity index (χ2v) is 8.71. The minimum Gasteiger partial charge on any atom is -0.346 e. The maximum atomic E-state index is 13.0. The zero-order chi connectivity index (χ0) is 20.4. The summed E-state index contributed by atoms with van der Waals surface area (Å²) in [6.45, 7) is 10.2. The Morgan fingerprint density at radius 3 is 2.36 bits per heavy atom. The summed E-state index contributed by atoms with van der Waals surface area (Å²) in [6, 6.07) is 5.46. The summed E-state index contributed by atoms with van der Waals surface area (Å²) in [5, 5.41) is 3.15. The third-order valence-corrected chi connectivity index (χ3v) is 5.56. The third kappa shape index (κ3) is 5.06. The number of piperazine rings is 1. The van der Waals surface area contributed by atoms with Crippen molar-refractivity contribution in [2.24, 2.45) is 0 Å². The summed E-state index contributed by atoms with van der Waals surface area (Å²) >= 11 is 1.66. The van der Waals surface area contributed by atoms with Gasteiger partial charge in [-0.15, -0.1) is 11.3 Å². The highest BCUT2D eigenvalue weighted by Gasteiger charge is 2.32. The Balaban J connectivity index is 1.57. The summed E-state index contributed by atoms with van der Waals surface area (Å²) in [5.41, 5.74) is 0.500. The number of benzene rings is 1. The molecule has 1 aromatic carbocycles. The average molecular weight is 408 g/mol. The highest BCUT2D eigenvalue weighted by Crippen LogP contribution is 2.31. The fraction of sp³-hybridized carbons (Fsp3) is 0.476. The first-order valence-electron chi connectivity index (χ1n) is 9.23. The van der Waals surface area contributed by atoms with E-state index in [2.05, 4.69) is 47.8 Å². The first-order chi connectivity index (χ1) is 13.1. The molecule has 0 atom stereocenters. The van der Waals surface area contributed by atoms with E-state index in [1.807, 2.05) is 0 Å². The molecule has 0 amide bonds. The first-order valence-corrected chi connectivity index (χ1v) is 10.1. The van der Waals surface area contributed by atoms with E-state index in [0.717, 1.165) is 43.1 Å². The van der Waals surface area contributed by atoms with Crippen LogP contribution in [-0.2, 0) is 11.6 Å². The SMILES string of the molecule is CC(C)(C)c1csc(N2CCN(CC#Cc3ccccc3C(F)(F)F)CC2)n1. The molecule has 2 heterocycles. The fourth-order valence-electron chi connectivity index (χ4n) is 2.94. The zero-order valence-electron chi connectivity index (χ0n) is 16.3. The van der Waals surface area contributed by atoms with Gasteiger partial charge in [-0.25, -0.2) is 4.98 Å². The lowest BCUT2D eigenvalue weighted by atomic mass is 9.93. The van der Waals surface area contributed by atoms with Crippen LogP contribution in [0.1, 0.15) is 37.6 Å². The van der Waals surface area contributed by atoms with E-state index in [0.29, 0.717) is 6.54 Å². The van der Waals surface area contributed by atoms with Crippen molar-refractivity contribution in [1.82, 2.24) is 9.88 Å². The molecule has 1 fully saturated rings. The molecular weight excluding hydrogens is 383 g/mol. The van der Waals surface area contributed by atoms with E-state index in [9.17, 15) is 13.2 Å². The van der Waals surface area contributed by atoms with Crippen LogP contribution in [0.3, 0.4) is 0 Å². The molecule has 0 saturated carbocycles. The highest BCUT2D eigenvalue weighted by atomic mass is 32.1. The normalized spacial score (nSPS) is 16.0. The number of thiazole rings is 1. The zero-order valence-corrected chi connectivity index (χ0v) is 17.1. The molecule has 3 nitrogen and oxygen atoms in total. The summed E-state index contributed by atoms with van der Waals surface area (Å²) < 4.78 is 39.1. The maximum absolute atomic E-state index is 13.0. The molecular formula is C21H24F3N3S. The Morgan fingerprint density at radius 1 is 1.07 bits per heavy atom. The van der Waals surface area contributed by atoms with E-state index in [1.54, 1.807) is 17.4 Å². The van der Waals surface area contributed by atoms with Crippen molar-refractivity contribution in [3.8, 4) is 11.8 Å². The minimum absolute atomic E-state index is 0.0335. The third-order valence-electron chi connectivity index (χ3n) is 4.66. The van der Waals surface area contributed by atoms with Crippen molar-refractivity contribution >= 4 is 16.5 Å². The standard InChI is InChI=1S/C21H24F3N3S/c1-20(2,3)18-15-28-19(25-18)27-13-11-26(12-14-27)10-6-8-16-7-4-5-9-17(16)21(22,23)24/h4-5,7,9,15H,10-14H2,1-3H3. The molecule has 1 aromatic heterocycles. The summed E-state index contributed by atoms with van der Waals surface area (Å²) in [6.07, 6.45) is -4.38. The molecule has 0 radical (unpaired) electrons. The summed E-state index contributed by atoms with van der Waals surface area (Å²) in [5.74, 6) is 5.60. The molecule has 1 aliphatic heterocycles. The van der Waals surface area contributed by atoms with E-state index < -0.39 is 11.7 Å². The van der Waals surface area contributed by atoms with Crippen LogP contribution < -0.4 is 4.90 Å². The number of hydrogen-bond acceptors (Lipinski definition) is 4. The molecule has 0 bridgehead atoms. The molecule has 28 heavy (non-hydrogen) atoms. The van der Waals surface area contributed by atoms with Gasteiger partial charge < -0.3 is 4.90 Å². The van der Waals surface area contributed by atoms with Crippen molar-refractivity contribution in [2.45, 2.75) is 32.4 Å². The lowest BCUT2D eigenvalue weighted by molar-refractivity contribution is -0.137. The fourth-order valence-corrected chi connectivity index (χ4v) is 4.04. The maximum Gasteiger partial charge on any atom is 0.417 e. The molecule has 3 rings (SSSR count). The second kappa shape index (κ2) is 8.14. The van der Waals surface area contributed by atoms with Gasteiger partial charge in [0, 0.05) is 42.5 Å². The van der Waals surface area contributed by atoms with Gasteiger partial charge in [0.1, 0.15) is 0 Å². The van der Waals surface area contributed by atoms with Crippen LogP contribution in [0, 0.1) is 11.8 Å². The Kier molecular flexibility index (Phi) is 6.01. The van der Waals surface area contributed by atoms with Gasteiger partial charge in [-0.1, -0.05) is 44.7 Å². The lowest BCUT2D eigenvalue weighted by Gasteiger charge is -2.33. The molecule has 0 N–H and O–H groups in total. The van der Waals surface area contributed by atoms with Crippen LogP contribution in [0.5, 0.6) is 0 Å². The van der Waals surface area contributed by atoms with Gasteiger partial charge in [0.2, 0.25) is 0 Å². The lowest BCUT2D eigenvalue weighted by Crippen LogP contribution is -2.46. The quantitative estimate of drug-likeness (QED) is 0.677. The van der Waals surface area contributed by atoms with Gasteiger partial charge in [-0.3, -0.25) is 4.90 Å². The number of alkyl halides is 3. The molecule has 0 aliphatic carbocycles. The van der Waals surface area contributed by atoms with E-state index >= 15 is 0 Å². The number of aromatic nitrogens is 1. The van der Waals surface area contributed by atoms with E-state index in [-0.39, 0.29) is 11.0 Å². The molecule has 0 unspecified atom stereocenters. The van der Waals surface area contributed by atoms with Gasteiger partial charge in [0.05, 0.1) is 17.8 Å². The topological polar surface area (TPSA) is 19.4 Å². The van der Waals surface area contributed by atoms with Crippen molar-refractivity contribution in [3.05, 3.63) is 46.5 Å². The Morgan fingerprint density at radius 2 is 1.75 bits per heavy atom. The van der Waals surface area contributed by atoms with Gasteiger partial charge >= 0.3 is 6.18 Å².